The average molecular weight is 426 g/mol. The second kappa shape index (κ2) is 6.66. The quantitative estimate of drug-likeness (QED) is 0.662. The Morgan fingerprint density at radius 1 is 1.21 bits per heavy atom. The van der Waals surface area contributed by atoms with Crippen molar-refractivity contribution in [3.63, 3.8) is 0 Å². The number of halogens is 3. The van der Waals surface area contributed by atoms with Crippen LogP contribution in [0.15, 0.2) is 28.1 Å². The average Bonchev–Trinajstić information content (AvgIpc) is 3.39. The molecule has 3 aromatic rings. The van der Waals surface area contributed by atoms with E-state index in [1.807, 2.05) is 4.90 Å². The first-order valence-corrected chi connectivity index (χ1v) is 10.0. The van der Waals surface area contributed by atoms with E-state index < -0.39 is 12.3 Å². The minimum Gasteiger partial charge on any atom is -0.423 e. The Kier molecular flexibility index (Phi) is 4.32. The summed E-state index contributed by atoms with van der Waals surface area (Å²) in [6, 6.07) is 2.74. The molecule has 1 aromatic carbocycles. The van der Waals surface area contributed by atoms with E-state index >= 15 is 0 Å². The van der Waals surface area contributed by atoms with Crippen molar-refractivity contribution < 1.29 is 27.9 Å². The molecule has 3 atom stereocenters. The van der Waals surface area contributed by atoms with Gasteiger partial charge in [-0.15, -0.1) is 11.3 Å². The molecule has 2 aliphatic rings. The highest BCUT2D eigenvalue weighted by Crippen LogP contribution is 2.41. The predicted molar refractivity (Wildman–Crippen MR) is 98.8 cm³/mol. The van der Waals surface area contributed by atoms with Crippen LogP contribution in [0.1, 0.15) is 24.5 Å². The molecule has 0 amide bonds. The first-order valence-electron chi connectivity index (χ1n) is 9.13. The van der Waals surface area contributed by atoms with Gasteiger partial charge in [-0.25, -0.2) is 4.98 Å². The summed E-state index contributed by atoms with van der Waals surface area (Å²) in [5, 5.41) is 23.6. The first kappa shape index (κ1) is 18.8. The molecule has 5 rings (SSSR count). The number of aliphatic hydroxyl groups is 1. The van der Waals surface area contributed by atoms with E-state index in [4.69, 9.17) is 4.42 Å². The van der Waals surface area contributed by atoms with Crippen molar-refractivity contribution >= 4 is 28.5 Å². The van der Waals surface area contributed by atoms with Crippen molar-refractivity contribution in [2.45, 2.75) is 37.2 Å². The van der Waals surface area contributed by atoms with Gasteiger partial charge in [0.1, 0.15) is 10.5 Å². The third-order valence-electron chi connectivity index (χ3n) is 5.54. The number of nitrogens with zero attached hydrogens (tertiary/aromatic N) is 4. The molecule has 154 valence electrons. The maximum Gasteiger partial charge on any atom is 0.418 e. The molecule has 2 bridgehead atoms. The number of aliphatic hydroxyl groups excluding tert-OH is 1. The highest BCUT2D eigenvalue weighted by molar-refractivity contribution is 7.13. The van der Waals surface area contributed by atoms with Gasteiger partial charge >= 0.3 is 6.18 Å². The number of hydrogen-bond donors (Lipinski definition) is 2. The molecule has 2 N–H and O–H groups in total. The number of thiazole rings is 1. The van der Waals surface area contributed by atoms with Gasteiger partial charge in [0, 0.05) is 30.2 Å². The van der Waals surface area contributed by atoms with Gasteiger partial charge in [-0.1, -0.05) is 6.07 Å². The smallest absolute Gasteiger partial charge is 0.418 e. The standard InChI is InChI=1S/C18H17F3N4O3S/c19-18(20,21)15(26)11-3-4-12(16-22-5-6-29-16)14-13(11)23-17(28-14)24-7-9-1-2-10(8-24)25(9)27/h3-6,9-10,15,26-27H,1-2,7-8H2/t9-,10?,15?/m0/s1. The zero-order valence-corrected chi connectivity index (χ0v) is 15.8. The number of oxazole rings is 1. The lowest BCUT2D eigenvalue weighted by molar-refractivity contribution is -0.206. The Balaban J connectivity index is 1.63. The third-order valence-corrected chi connectivity index (χ3v) is 6.35. The molecule has 29 heavy (non-hydrogen) atoms. The zero-order chi connectivity index (χ0) is 20.3. The number of piperazine rings is 1. The van der Waals surface area contributed by atoms with Gasteiger partial charge in [-0.05, 0) is 18.9 Å². The molecule has 0 saturated carbocycles. The molecule has 0 spiro atoms. The molecule has 7 nitrogen and oxygen atoms in total. The second-order valence-electron chi connectivity index (χ2n) is 7.33. The van der Waals surface area contributed by atoms with Crippen molar-refractivity contribution in [1.82, 2.24) is 15.0 Å². The Bertz CT molecular complexity index is 1030. The summed E-state index contributed by atoms with van der Waals surface area (Å²) in [4.78, 5) is 10.4. The van der Waals surface area contributed by atoms with Crippen LogP contribution in [0.3, 0.4) is 0 Å². The number of hydrogen-bond acceptors (Lipinski definition) is 8. The second-order valence-corrected chi connectivity index (χ2v) is 8.22. The highest BCUT2D eigenvalue weighted by Gasteiger charge is 2.43. The minimum absolute atomic E-state index is 0.0312. The van der Waals surface area contributed by atoms with Gasteiger partial charge < -0.3 is 19.6 Å². The zero-order valence-electron chi connectivity index (χ0n) is 15.0. The van der Waals surface area contributed by atoms with Crippen molar-refractivity contribution in [1.29, 1.82) is 0 Å². The summed E-state index contributed by atoms with van der Waals surface area (Å²) < 4.78 is 45.5. The lowest BCUT2D eigenvalue weighted by Gasteiger charge is -2.36. The predicted octanol–water partition coefficient (Wildman–Crippen LogP) is 3.59. The number of alkyl halides is 3. The molecule has 4 heterocycles. The van der Waals surface area contributed by atoms with Crippen molar-refractivity contribution in [2.24, 2.45) is 0 Å². The maximum atomic E-state index is 13.2. The van der Waals surface area contributed by atoms with Crippen LogP contribution in [0, 0.1) is 0 Å². The van der Waals surface area contributed by atoms with Crippen molar-refractivity contribution in [2.75, 3.05) is 18.0 Å². The minimum atomic E-state index is -4.82. The Morgan fingerprint density at radius 2 is 1.93 bits per heavy atom. The van der Waals surface area contributed by atoms with E-state index in [2.05, 4.69) is 9.97 Å². The van der Waals surface area contributed by atoms with Crippen LogP contribution >= 0.6 is 11.3 Å². The fraction of sp³-hybridized carbons (Fsp3) is 0.444. The molecule has 2 aliphatic heterocycles. The van der Waals surface area contributed by atoms with Crippen LogP contribution in [-0.4, -0.2) is 56.7 Å². The lowest BCUT2D eigenvalue weighted by atomic mass is 10.0. The number of hydroxylamine groups is 2. The fourth-order valence-electron chi connectivity index (χ4n) is 4.11. The highest BCUT2D eigenvalue weighted by atomic mass is 32.1. The molecule has 2 saturated heterocycles. The van der Waals surface area contributed by atoms with E-state index in [9.17, 15) is 23.5 Å². The number of rotatable bonds is 3. The van der Waals surface area contributed by atoms with Gasteiger partial charge in [-0.3, -0.25) is 0 Å². The molecular weight excluding hydrogens is 409 g/mol. The summed E-state index contributed by atoms with van der Waals surface area (Å²) in [5.74, 6) is 0. The molecular formula is C18H17F3N4O3S. The van der Waals surface area contributed by atoms with Gasteiger partial charge in [0.05, 0.1) is 17.6 Å². The van der Waals surface area contributed by atoms with E-state index in [0.717, 1.165) is 12.8 Å². The summed E-state index contributed by atoms with van der Waals surface area (Å²) in [7, 11) is 0. The van der Waals surface area contributed by atoms with Crippen LogP contribution in [0.5, 0.6) is 0 Å². The molecule has 11 heteroatoms. The number of fused-ring (bicyclic) bond motifs is 3. The molecule has 2 unspecified atom stereocenters. The third kappa shape index (κ3) is 3.08. The number of benzene rings is 1. The van der Waals surface area contributed by atoms with Gasteiger partial charge in [0.25, 0.3) is 6.01 Å². The fourth-order valence-corrected chi connectivity index (χ4v) is 4.77. The largest absolute Gasteiger partial charge is 0.423 e. The Morgan fingerprint density at radius 3 is 2.55 bits per heavy atom. The summed E-state index contributed by atoms with van der Waals surface area (Å²) >= 11 is 1.33. The van der Waals surface area contributed by atoms with E-state index in [-0.39, 0.29) is 34.8 Å². The van der Waals surface area contributed by atoms with Crippen LogP contribution in [-0.2, 0) is 0 Å². The van der Waals surface area contributed by atoms with Gasteiger partial charge in [0.15, 0.2) is 11.7 Å². The molecule has 2 fully saturated rings. The maximum absolute atomic E-state index is 13.2. The van der Waals surface area contributed by atoms with E-state index in [1.165, 1.54) is 28.5 Å². The summed E-state index contributed by atoms with van der Waals surface area (Å²) in [6.45, 7) is 0.924. The number of aromatic nitrogens is 2. The van der Waals surface area contributed by atoms with Crippen LogP contribution in [0.2, 0.25) is 0 Å². The summed E-state index contributed by atoms with van der Waals surface area (Å²) in [5.41, 5.74) is 0.299. The van der Waals surface area contributed by atoms with Crippen LogP contribution in [0.4, 0.5) is 19.2 Å². The Hall–Kier alpha value is -2.21. The van der Waals surface area contributed by atoms with Gasteiger partial charge in [-0.2, -0.15) is 23.2 Å². The monoisotopic (exact) mass is 426 g/mol. The Labute approximate surface area is 167 Å². The topological polar surface area (TPSA) is 85.9 Å². The van der Waals surface area contributed by atoms with E-state index in [0.29, 0.717) is 23.7 Å². The molecule has 2 aromatic heterocycles. The lowest BCUT2D eigenvalue weighted by Crippen LogP contribution is -2.52. The molecule has 0 radical (unpaired) electrons. The molecule has 0 aliphatic carbocycles. The van der Waals surface area contributed by atoms with Gasteiger partial charge in [0.2, 0.25) is 0 Å². The van der Waals surface area contributed by atoms with E-state index in [1.54, 1.807) is 11.6 Å². The van der Waals surface area contributed by atoms with Crippen molar-refractivity contribution in [3.8, 4) is 10.6 Å². The summed E-state index contributed by atoms with van der Waals surface area (Å²) in [6.07, 6.45) is -4.23. The SMILES string of the molecule is OC(c1ccc(-c2nccs2)c2oc(N3CC4CC[C@@H](C3)N4O)nc12)C(F)(F)F. The number of anilines is 1. The van der Waals surface area contributed by atoms with Crippen molar-refractivity contribution in [3.05, 3.63) is 29.3 Å². The van der Waals surface area contributed by atoms with Crippen LogP contribution < -0.4 is 4.90 Å². The van der Waals surface area contributed by atoms with Crippen LogP contribution in [0.25, 0.3) is 21.7 Å². The first-order chi connectivity index (χ1) is 13.8. The normalized spacial score (nSPS) is 23.8.